The van der Waals surface area contributed by atoms with Gasteiger partial charge in [0.15, 0.2) is 0 Å². The largest absolute Gasteiger partial charge is 0.354 e. The smallest absolute Gasteiger partial charge is 0.253 e. The minimum atomic E-state index is -0.346. The Labute approximate surface area is 160 Å². The van der Waals surface area contributed by atoms with Gasteiger partial charge in [-0.15, -0.1) is 0 Å². The molecule has 1 N–H and O–H groups in total. The first-order valence-corrected chi connectivity index (χ1v) is 10.1. The first kappa shape index (κ1) is 19.8. The van der Waals surface area contributed by atoms with E-state index >= 15 is 0 Å². The molecular formula is C21H30FN3O2. The molecule has 6 heteroatoms. The van der Waals surface area contributed by atoms with Crippen molar-refractivity contribution in [1.82, 2.24) is 15.1 Å². The number of carbonyl (C=O) groups is 2. The maximum absolute atomic E-state index is 13.0. The van der Waals surface area contributed by atoms with Crippen molar-refractivity contribution in [3.05, 3.63) is 35.6 Å². The monoisotopic (exact) mass is 375 g/mol. The normalized spacial score (nSPS) is 19.9. The molecule has 0 aliphatic carbocycles. The van der Waals surface area contributed by atoms with Crippen LogP contribution < -0.4 is 5.32 Å². The highest BCUT2D eigenvalue weighted by Gasteiger charge is 2.28. The van der Waals surface area contributed by atoms with Gasteiger partial charge >= 0.3 is 0 Å². The van der Waals surface area contributed by atoms with E-state index in [0.29, 0.717) is 44.1 Å². The number of piperidine rings is 1. The molecule has 2 heterocycles. The van der Waals surface area contributed by atoms with Gasteiger partial charge in [0.25, 0.3) is 5.91 Å². The second-order valence-corrected chi connectivity index (χ2v) is 7.62. The van der Waals surface area contributed by atoms with Crippen LogP contribution in [0, 0.1) is 11.7 Å². The number of hydrogen-bond donors (Lipinski definition) is 1. The number of halogens is 1. The van der Waals surface area contributed by atoms with Crippen molar-refractivity contribution in [2.45, 2.75) is 45.1 Å². The Bertz CT molecular complexity index is 635. The van der Waals surface area contributed by atoms with E-state index in [-0.39, 0.29) is 23.5 Å². The van der Waals surface area contributed by atoms with E-state index in [1.54, 1.807) is 4.90 Å². The summed E-state index contributed by atoms with van der Waals surface area (Å²) in [5, 5.41) is 3.14. The van der Waals surface area contributed by atoms with Gasteiger partial charge in [-0.3, -0.25) is 14.5 Å². The number of nitrogens with one attached hydrogen (secondary N) is 1. The lowest BCUT2D eigenvalue weighted by molar-refractivity contribution is -0.126. The van der Waals surface area contributed by atoms with E-state index in [1.165, 1.54) is 37.1 Å². The van der Waals surface area contributed by atoms with Gasteiger partial charge < -0.3 is 10.2 Å². The maximum Gasteiger partial charge on any atom is 0.253 e. The van der Waals surface area contributed by atoms with Crippen LogP contribution in [0.1, 0.15) is 49.4 Å². The lowest BCUT2D eigenvalue weighted by Gasteiger charge is -2.32. The molecule has 2 aliphatic heterocycles. The fourth-order valence-corrected chi connectivity index (χ4v) is 4.12. The topological polar surface area (TPSA) is 52.7 Å². The maximum atomic E-state index is 13.0. The number of carbonyl (C=O) groups excluding carboxylic acids is 2. The van der Waals surface area contributed by atoms with Crippen molar-refractivity contribution in [3.63, 3.8) is 0 Å². The molecule has 148 valence electrons. The lowest BCUT2D eigenvalue weighted by atomic mass is 9.95. The number of likely N-dealkylation sites (tertiary alicyclic amines) is 2. The summed E-state index contributed by atoms with van der Waals surface area (Å²) in [7, 11) is 0. The number of benzene rings is 1. The van der Waals surface area contributed by atoms with E-state index < -0.39 is 0 Å². The summed E-state index contributed by atoms with van der Waals surface area (Å²) >= 11 is 0. The van der Waals surface area contributed by atoms with Crippen molar-refractivity contribution >= 4 is 11.8 Å². The minimum Gasteiger partial charge on any atom is -0.354 e. The fourth-order valence-electron chi connectivity index (χ4n) is 4.12. The molecule has 0 aromatic heterocycles. The van der Waals surface area contributed by atoms with Crippen LogP contribution in [0.15, 0.2) is 24.3 Å². The summed E-state index contributed by atoms with van der Waals surface area (Å²) in [5.74, 6) is -0.352. The Kier molecular flexibility index (Phi) is 6.83. The highest BCUT2D eigenvalue weighted by Crippen LogP contribution is 2.20. The van der Waals surface area contributed by atoms with Crippen molar-refractivity contribution in [2.24, 2.45) is 5.92 Å². The third-order valence-electron chi connectivity index (χ3n) is 5.88. The Morgan fingerprint density at radius 1 is 1.11 bits per heavy atom. The molecule has 2 fully saturated rings. The van der Waals surface area contributed by atoms with Gasteiger partial charge in [0.05, 0.1) is 0 Å². The molecule has 1 unspecified atom stereocenters. The molecule has 5 nitrogen and oxygen atoms in total. The molecule has 0 radical (unpaired) electrons. The molecule has 2 saturated heterocycles. The Balaban J connectivity index is 1.44. The first-order valence-electron chi connectivity index (χ1n) is 10.1. The second kappa shape index (κ2) is 9.31. The number of rotatable bonds is 6. The highest BCUT2D eigenvalue weighted by atomic mass is 19.1. The zero-order valence-corrected chi connectivity index (χ0v) is 16.1. The predicted octanol–water partition coefficient (Wildman–Crippen LogP) is 2.67. The van der Waals surface area contributed by atoms with Gasteiger partial charge in [0.2, 0.25) is 5.91 Å². The summed E-state index contributed by atoms with van der Waals surface area (Å²) in [5.41, 5.74) is 0.496. The Morgan fingerprint density at radius 3 is 2.33 bits per heavy atom. The standard InChI is InChI=1S/C21H30FN3O2/c1-2-19(24-11-3-4-12-24)15-23-20(26)16-9-13-25(14-10-16)21(27)17-5-7-18(22)8-6-17/h5-8,16,19H,2-4,9-15H2,1H3,(H,23,26). The summed E-state index contributed by atoms with van der Waals surface area (Å²) in [4.78, 5) is 29.3. The first-order chi connectivity index (χ1) is 13.1. The van der Waals surface area contributed by atoms with E-state index in [1.807, 2.05) is 0 Å². The fraction of sp³-hybridized carbons (Fsp3) is 0.619. The third kappa shape index (κ3) is 5.06. The van der Waals surface area contributed by atoms with Crippen LogP contribution in [0.3, 0.4) is 0 Å². The molecule has 2 amide bonds. The highest BCUT2D eigenvalue weighted by molar-refractivity contribution is 5.94. The Hall–Kier alpha value is -1.95. The van der Waals surface area contributed by atoms with Gasteiger partial charge in [-0.25, -0.2) is 4.39 Å². The van der Waals surface area contributed by atoms with Gasteiger partial charge in [-0.1, -0.05) is 6.92 Å². The molecule has 1 atom stereocenters. The SMILES string of the molecule is CCC(CNC(=O)C1CCN(C(=O)c2ccc(F)cc2)CC1)N1CCCC1. The molecule has 27 heavy (non-hydrogen) atoms. The summed E-state index contributed by atoms with van der Waals surface area (Å²) in [6, 6.07) is 6.06. The third-order valence-corrected chi connectivity index (χ3v) is 5.88. The minimum absolute atomic E-state index is 0.0293. The zero-order chi connectivity index (χ0) is 19.2. The van der Waals surface area contributed by atoms with Crippen LogP contribution in [0.2, 0.25) is 0 Å². The van der Waals surface area contributed by atoms with Gasteiger partial charge in [-0.2, -0.15) is 0 Å². The number of amides is 2. The van der Waals surface area contributed by atoms with Crippen molar-refractivity contribution in [2.75, 3.05) is 32.7 Å². The van der Waals surface area contributed by atoms with Crippen LogP contribution >= 0.6 is 0 Å². The Morgan fingerprint density at radius 2 is 1.74 bits per heavy atom. The van der Waals surface area contributed by atoms with Crippen molar-refractivity contribution < 1.29 is 14.0 Å². The summed E-state index contributed by atoms with van der Waals surface area (Å²) in [6.07, 6.45) is 4.92. The van der Waals surface area contributed by atoms with Crippen LogP contribution in [0.5, 0.6) is 0 Å². The molecule has 0 bridgehead atoms. The van der Waals surface area contributed by atoms with Crippen LogP contribution in [-0.2, 0) is 4.79 Å². The zero-order valence-electron chi connectivity index (χ0n) is 16.1. The predicted molar refractivity (Wildman–Crippen MR) is 103 cm³/mol. The van der Waals surface area contributed by atoms with Crippen molar-refractivity contribution in [1.29, 1.82) is 0 Å². The van der Waals surface area contributed by atoms with E-state index in [2.05, 4.69) is 17.1 Å². The quantitative estimate of drug-likeness (QED) is 0.832. The van der Waals surface area contributed by atoms with Crippen molar-refractivity contribution in [3.8, 4) is 0 Å². The average Bonchev–Trinajstić information content (AvgIpc) is 3.23. The molecule has 0 spiro atoms. The van der Waals surface area contributed by atoms with Gasteiger partial charge in [-0.05, 0) is 69.5 Å². The lowest BCUT2D eigenvalue weighted by Crippen LogP contribution is -2.46. The van der Waals surface area contributed by atoms with Crippen LogP contribution in [0.25, 0.3) is 0 Å². The molecule has 3 rings (SSSR count). The van der Waals surface area contributed by atoms with Crippen LogP contribution in [-0.4, -0.2) is 60.4 Å². The molecule has 1 aromatic rings. The number of hydrogen-bond acceptors (Lipinski definition) is 3. The van der Waals surface area contributed by atoms with E-state index in [0.717, 1.165) is 19.5 Å². The average molecular weight is 375 g/mol. The molecular weight excluding hydrogens is 345 g/mol. The second-order valence-electron chi connectivity index (χ2n) is 7.62. The van der Waals surface area contributed by atoms with Gasteiger partial charge in [0, 0.05) is 37.2 Å². The summed E-state index contributed by atoms with van der Waals surface area (Å²) < 4.78 is 13.0. The van der Waals surface area contributed by atoms with E-state index in [9.17, 15) is 14.0 Å². The van der Waals surface area contributed by atoms with Gasteiger partial charge in [0.1, 0.15) is 5.82 Å². The van der Waals surface area contributed by atoms with Crippen LogP contribution in [0.4, 0.5) is 4.39 Å². The molecule has 2 aliphatic rings. The summed E-state index contributed by atoms with van der Waals surface area (Å²) in [6.45, 7) is 6.30. The van der Waals surface area contributed by atoms with E-state index in [4.69, 9.17) is 0 Å². The molecule has 1 aromatic carbocycles. The number of nitrogens with zero attached hydrogens (tertiary/aromatic N) is 2. The molecule has 0 saturated carbocycles.